The number of pyridine rings is 1. The number of nitrogens with one attached hydrogen (secondary N) is 4. The molecule has 0 atom stereocenters. The molecule has 0 bridgehead atoms. The minimum Gasteiger partial charge on any atom is -0.444 e. The number of anilines is 2. The van der Waals surface area contributed by atoms with Crippen LogP contribution in [0.25, 0.3) is 6.08 Å². The molecule has 1 saturated heterocycles. The van der Waals surface area contributed by atoms with Crippen molar-refractivity contribution in [2.75, 3.05) is 386 Å². The fourth-order valence-corrected chi connectivity index (χ4v) is 12.6. The Balaban J connectivity index is 0.635. The highest BCUT2D eigenvalue weighted by Crippen LogP contribution is 2.31. The lowest BCUT2D eigenvalue weighted by atomic mass is 9.96. The maximum atomic E-state index is 13.8. The van der Waals surface area contributed by atoms with Crippen LogP contribution in [0.1, 0.15) is 88.6 Å². The van der Waals surface area contributed by atoms with Crippen LogP contribution < -0.4 is 36.6 Å². The van der Waals surface area contributed by atoms with Gasteiger partial charge < -0.3 is 165 Å². The van der Waals surface area contributed by atoms with Gasteiger partial charge in [0, 0.05) is 87.3 Å². The molecule has 5 rings (SSSR count). The van der Waals surface area contributed by atoms with Gasteiger partial charge in [-0.2, -0.15) is 8.78 Å². The quantitative estimate of drug-likeness (QED) is 0.0141. The van der Waals surface area contributed by atoms with Crippen molar-refractivity contribution in [3.05, 3.63) is 82.6 Å². The van der Waals surface area contributed by atoms with Gasteiger partial charge in [0.15, 0.2) is 11.6 Å². The van der Waals surface area contributed by atoms with E-state index in [1.54, 1.807) is 62.2 Å². The van der Waals surface area contributed by atoms with E-state index in [-0.39, 0.29) is 87.3 Å². The van der Waals surface area contributed by atoms with Crippen molar-refractivity contribution in [3.8, 4) is 5.75 Å². The zero-order valence-electron chi connectivity index (χ0n) is 83.3. The van der Waals surface area contributed by atoms with Gasteiger partial charge in [-0.1, -0.05) is 13.0 Å². The second-order valence-electron chi connectivity index (χ2n) is 32.1. The normalized spacial score (nSPS) is 12.9. The molecule has 0 saturated carbocycles. The van der Waals surface area contributed by atoms with Crippen LogP contribution in [0.5, 0.6) is 5.75 Å². The lowest BCUT2D eigenvalue weighted by molar-refractivity contribution is -0.136. The summed E-state index contributed by atoms with van der Waals surface area (Å²) >= 11 is 0. The molecule has 0 aliphatic carbocycles. The summed E-state index contributed by atoms with van der Waals surface area (Å²) < 4.78 is 201. The Morgan fingerprint density at radius 3 is 1.13 bits per heavy atom. The molecule has 0 radical (unpaired) electrons. The molecule has 1 aromatic heterocycles. The lowest BCUT2D eigenvalue weighted by Gasteiger charge is -2.32. The number of halogens is 4. The minimum atomic E-state index is -1.80. The van der Waals surface area contributed by atoms with Gasteiger partial charge in [0.2, 0.25) is 35.1 Å². The third-order valence-electron chi connectivity index (χ3n) is 19.7. The van der Waals surface area contributed by atoms with Crippen LogP contribution in [0.15, 0.2) is 53.2 Å². The van der Waals surface area contributed by atoms with Gasteiger partial charge in [0.25, 0.3) is 5.91 Å². The predicted molar refractivity (Wildman–Crippen MR) is 511 cm³/mol. The number of piperidine rings is 1. The number of nitrogens with two attached hydrogens (primary N) is 1. The van der Waals surface area contributed by atoms with E-state index in [1.165, 1.54) is 0 Å². The Bertz CT molecular complexity index is 3810. The summed E-state index contributed by atoms with van der Waals surface area (Å²) in [5, 5.41) is 11.4. The van der Waals surface area contributed by atoms with Gasteiger partial charge in [-0.05, 0) is 76.8 Å². The number of carbonyl (C=O) groups is 6. The first kappa shape index (κ1) is 124. The maximum Gasteiger partial charge on any atom is 0.407 e. The highest BCUT2D eigenvalue weighted by Gasteiger charge is 2.28. The van der Waals surface area contributed by atoms with E-state index in [9.17, 15) is 46.3 Å². The van der Waals surface area contributed by atoms with Crippen molar-refractivity contribution in [2.45, 2.75) is 78.2 Å². The highest BCUT2D eigenvalue weighted by atomic mass is 19.2. The standard InChI is InChI=1S/C96H155F4N9O33/c1-5-18-109(19-6-15-104-95(115)142-96(2,3)4)94(114)80-72-78-7-8-79(73-84(78)107-85(101)74-80)93(113)106-81-9-10-86(105-76-81)108-20-11-77(12-21-108)92(112)103-17-16-102-87(110)13-22-116-24-26-118-28-30-120-32-34-122-36-38-124-40-42-126-44-46-128-48-50-130-52-54-132-56-58-134-60-62-136-64-66-138-68-70-140-71-69-139-67-65-137-63-61-135-59-57-133-55-53-131-51-49-129-47-45-127-43-41-125-39-37-123-35-33-121-31-29-119-27-25-117-23-14-88(111)141-91-89(99)82(97)75-83(98)90(91)100/h7-10,72-73,75-77H,5-6,11-71,74H2,1-4H3,(H2,101,107)(H,102,110)(H,103,112)(H,104,115)(H,106,113). The van der Waals surface area contributed by atoms with Crippen molar-refractivity contribution in [1.29, 1.82) is 0 Å². The number of alkyl carbamates (subject to hydrolysis) is 1. The molecule has 2 aromatic carbocycles. The summed E-state index contributed by atoms with van der Waals surface area (Å²) in [4.78, 5) is 89.5. The molecule has 810 valence electrons. The first-order chi connectivity index (χ1) is 69.3. The van der Waals surface area contributed by atoms with Gasteiger partial charge in [0.1, 0.15) is 17.3 Å². The number of hydrogen-bond donors (Lipinski definition) is 5. The SMILES string of the molecule is CCCN(CCCNC(=O)OC(C)(C)C)C(=O)C1=Cc2ccc(C(=O)Nc3ccc(N4CCC(C(=O)NCCNC(=O)CCOCCOCCOCCOCCOCCOCCOCCOCCOCCOCCOCCOCCOCCOCCOCCOCCOCCOCCOCCOCCOCCOCCOCCOCCOCCC(=O)Oc5c(F)c(F)cc(F)c5F)CC4)nc3)cc2N=C(N)C1. The second kappa shape index (κ2) is 84.0. The number of hydrogen-bond acceptors (Lipinski definition) is 37. The Morgan fingerprint density at radius 1 is 0.430 bits per heavy atom. The molecule has 142 heavy (non-hydrogen) atoms. The summed E-state index contributed by atoms with van der Waals surface area (Å²) in [7, 11) is 0. The van der Waals surface area contributed by atoms with Gasteiger partial charge in [-0.15, -0.1) is 0 Å². The molecule has 46 heteroatoms. The number of benzene rings is 2. The number of amidine groups is 1. The summed E-state index contributed by atoms with van der Waals surface area (Å²) in [6.45, 7) is 30.5. The van der Waals surface area contributed by atoms with Gasteiger partial charge in [-0.25, -0.2) is 23.6 Å². The molecule has 42 nitrogen and oxygen atoms in total. The Labute approximate surface area is 831 Å². The average molecular weight is 2040 g/mol. The highest BCUT2D eigenvalue weighted by molar-refractivity contribution is 6.08. The molecule has 0 spiro atoms. The van der Waals surface area contributed by atoms with Crippen molar-refractivity contribution in [1.82, 2.24) is 25.8 Å². The van der Waals surface area contributed by atoms with Crippen LogP contribution in [0.4, 0.5) is 39.5 Å². The van der Waals surface area contributed by atoms with E-state index in [0.717, 1.165) is 12.2 Å². The summed E-state index contributed by atoms with van der Waals surface area (Å²) in [5.41, 5.74) is 8.15. The van der Waals surface area contributed by atoms with E-state index < -0.39 is 53.1 Å². The lowest BCUT2D eigenvalue weighted by Crippen LogP contribution is -2.42. The fourth-order valence-electron chi connectivity index (χ4n) is 12.6. The Kier molecular flexibility index (Phi) is 73.6. The van der Waals surface area contributed by atoms with Gasteiger partial charge in [-0.3, -0.25) is 24.0 Å². The zero-order chi connectivity index (χ0) is 102. The molecule has 6 N–H and O–H groups in total. The Morgan fingerprint density at radius 2 is 0.782 bits per heavy atom. The van der Waals surface area contributed by atoms with E-state index >= 15 is 0 Å². The molecule has 3 heterocycles. The van der Waals surface area contributed by atoms with E-state index in [2.05, 4.69) is 40.9 Å². The number of carbonyl (C=O) groups excluding carboxylic acids is 6. The van der Waals surface area contributed by atoms with Crippen molar-refractivity contribution in [2.24, 2.45) is 16.6 Å². The first-order valence-electron chi connectivity index (χ1n) is 48.8. The van der Waals surface area contributed by atoms with Crippen LogP contribution in [0.2, 0.25) is 0 Å². The van der Waals surface area contributed by atoms with Crippen LogP contribution >= 0.6 is 0 Å². The van der Waals surface area contributed by atoms with Crippen LogP contribution in [0, 0.1) is 29.2 Å². The van der Waals surface area contributed by atoms with E-state index in [0.29, 0.717) is 390 Å². The topological polar surface area (TPSA) is 458 Å². The molecular formula is C96H155F4N9O33. The number of aliphatic imine (C=N–C) groups is 1. The maximum absolute atomic E-state index is 13.8. The third kappa shape index (κ3) is 64.7. The van der Waals surface area contributed by atoms with E-state index in [4.69, 9.17) is 129 Å². The number of ether oxygens (including phenoxy) is 27. The van der Waals surface area contributed by atoms with Crippen LogP contribution in [0.3, 0.4) is 0 Å². The number of aromatic nitrogens is 1. The summed E-state index contributed by atoms with van der Waals surface area (Å²) in [6, 6.07) is 8.68. The fraction of sp³-hybridized carbons (Fsp3) is 0.729. The molecule has 2 aliphatic rings. The van der Waals surface area contributed by atoms with Gasteiger partial charge >= 0.3 is 12.1 Å². The largest absolute Gasteiger partial charge is 0.444 e. The van der Waals surface area contributed by atoms with Crippen molar-refractivity contribution >= 4 is 64.8 Å². The number of fused-ring (bicyclic) bond motifs is 1. The number of rotatable bonds is 93. The minimum absolute atomic E-state index is 0.0144. The second-order valence-corrected chi connectivity index (χ2v) is 32.1. The molecule has 1 fully saturated rings. The van der Waals surface area contributed by atoms with Crippen molar-refractivity contribution in [3.63, 3.8) is 0 Å². The third-order valence-corrected chi connectivity index (χ3v) is 19.7. The summed E-state index contributed by atoms with van der Waals surface area (Å²) in [5.74, 6) is -9.53. The summed E-state index contributed by atoms with van der Waals surface area (Å²) in [6.07, 6.45) is 5.29. The number of esters is 1. The average Bonchev–Trinajstić information content (AvgIpc) is 1.66. The molecular weight excluding hydrogens is 1880 g/mol. The number of amides is 5. The molecule has 2 aliphatic heterocycles. The monoisotopic (exact) mass is 2040 g/mol. The smallest absolute Gasteiger partial charge is 0.407 e. The van der Waals surface area contributed by atoms with Crippen LogP contribution in [-0.2, 0) is 142 Å². The van der Waals surface area contributed by atoms with Gasteiger partial charge in [0.05, 0.1) is 354 Å². The predicted octanol–water partition coefficient (Wildman–Crippen LogP) is 6.07. The van der Waals surface area contributed by atoms with Crippen molar-refractivity contribution < 1.29 is 174 Å². The molecule has 3 aromatic rings. The Hall–Kier alpha value is -8.06. The molecule has 5 amide bonds. The molecule has 0 unspecified atom stereocenters. The number of nitrogens with zero attached hydrogens (tertiary/aromatic N) is 4. The first-order valence-corrected chi connectivity index (χ1v) is 48.8. The van der Waals surface area contributed by atoms with E-state index in [1.807, 2.05) is 13.0 Å². The van der Waals surface area contributed by atoms with Crippen LogP contribution in [-0.4, -0.2) is 433 Å². The zero-order valence-corrected chi connectivity index (χ0v) is 83.3.